The van der Waals surface area contributed by atoms with Crippen molar-refractivity contribution >= 4 is 22.7 Å². The van der Waals surface area contributed by atoms with Crippen LogP contribution in [-0.4, -0.2) is 44.7 Å². The summed E-state index contributed by atoms with van der Waals surface area (Å²) < 4.78 is 6.63. The number of fused-ring (bicyclic) bond motifs is 1. The number of carbonyl (C=O) groups excluding carboxylic acids is 2. The van der Waals surface area contributed by atoms with Gasteiger partial charge in [-0.3, -0.25) is 9.59 Å². The van der Waals surface area contributed by atoms with Crippen LogP contribution in [0.3, 0.4) is 0 Å². The van der Waals surface area contributed by atoms with E-state index in [0.717, 1.165) is 23.7 Å². The van der Waals surface area contributed by atoms with Crippen LogP contribution in [0.2, 0.25) is 0 Å². The number of piperidine rings is 1. The van der Waals surface area contributed by atoms with Crippen LogP contribution >= 0.6 is 0 Å². The van der Waals surface area contributed by atoms with Crippen molar-refractivity contribution in [3.63, 3.8) is 0 Å². The van der Waals surface area contributed by atoms with Gasteiger partial charge in [0.1, 0.15) is 17.9 Å². The molecule has 1 fully saturated rings. The summed E-state index contributed by atoms with van der Waals surface area (Å²) in [6.45, 7) is 5.33. The maximum Gasteiger partial charge on any atom is 0.242 e. The summed E-state index contributed by atoms with van der Waals surface area (Å²) >= 11 is 0. The van der Waals surface area contributed by atoms with Crippen LogP contribution in [0, 0.1) is 12.3 Å². The molecule has 1 atom stereocenters. The van der Waals surface area contributed by atoms with Gasteiger partial charge in [0.25, 0.3) is 0 Å². The highest BCUT2D eigenvalue weighted by atomic mass is 16.6. The van der Waals surface area contributed by atoms with E-state index in [0.29, 0.717) is 24.5 Å². The summed E-state index contributed by atoms with van der Waals surface area (Å²) in [5.74, 6) is -0.0505. The summed E-state index contributed by atoms with van der Waals surface area (Å²) in [6, 6.07) is 10.0. The highest BCUT2D eigenvalue weighted by Gasteiger charge is 2.39. The minimum Gasteiger partial charge on any atom is -0.350 e. The number of amides is 2. The number of rotatable bonds is 5. The zero-order chi connectivity index (χ0) is 20.4. The number of carbonyl (C=O) groups is 2. The van der Waals surface area contributed by atoms with Crippen molar-refractivity contribution in [3.8, 4) is 0 Å². The average molecular weight is 395 g/mol. The number of para-hydroxylation sites is 1. The quantitative estimate of drug-likeness (QED) is 0.715. The third kappa shape index (κ3) is 3.87. The van der Waals surface area contributed by atoms with Crippen molar-refractivity contribution in [2.24, 2.45) is 5.41 Å². The fourth-order valence-electron chi connectivity index (χ4n) is 3.95. The van der Waals surface area contributed by atoms with Gasteiger partial charge in [0.2, 0.25) is 11.8 Å². The molecule has 3 heterocycles. The molecule has 2 amide bonds. The Kier molecular flexibility index (Phi) is 5.08. The standard InChI is InChI=1S/C21H25N5O3/c1-15-17(24-29-23-15)12-22-20(28)21(2)9-5-10-26(14-21)19(27)13-25-11-8-16-6-3-4-7-18(16)25/h3-4,6-8,11H,5,9-10,12-14H2,1-2H3,(H,22,28). The lowest BCUT2D eigenvalue weighted by molar-refractivity contribution is -0.141. The van der Waals surface area contributed by atoms with E-state index in [-0.39, 0.29) is 24.9 Å². The lowest BCUT2D eigenvalue weighted by atomic mass is 9.81. The summed E-state index contributed by atoms with van der Waals surface area (Å²) in [4.78, 5) is 27.6. The van der Waals surface area contributed by atoms with Gasteiger partial charge >= 0.3 is 0 Å². The first-order valence-corrected chi connectivity index (χ1v) is 9.84. The van der Waals surface area contributed by atoms with E-state index >= 15 is 0 Å². The molecule has 0 spiro atoms. The summed E-state index contributed by atoms with van der Waals surface area (Å²) in [7, 11) is 0. The summed E-state index contributed by atoms with van der Waals surface area (Å²) in [5, 5.41) is 11.6. The third-order valence-corrected chi connectivity index (χ3v) is 5.75. The second-order valence-electron chi connectivity index (χ2n) is 7.96. The Morgan fingerprint density at radius 1 is 1.24 bits per heavy atom. The Bertz CT molecular complexity index is 1040. The molecule has 8 heteroatoms. The normalized spacial score (nSPS) is 19.4. The summed E-state index contributed by atoms with van der Waals surface area (Å²) in [5.41, 5.74) is 1.69. The molecule has 4 rings (SSSR count). The Labute approximate surface area is 168 Å². The lowest BCUT2D eigenvalue weighted by Gasteiger charge is -2.39. The molecule has 0 saturated carbocycles. The molecule has 1 aliphatic rings. The van der Waals surface area contributed by atoms with Crippen LogP contribution in [0.25, 0.3) is 10.9 Å². The SMILES string of the molecule is Cc1nonc1CNC(=O)C1(C)CCCN(C(=O)Cn2ccc3ccccc32)C1. The van der Waals surface area contributed by atoms with Gasteiger partial charge in [-0.15, -0.1) is 0 Å². The number of aryl methyl sites for hydroxylation is 1. The number of benzene rings is 1. The van der Waals surface area contributed by atoms with Crippen molar-refractivity contribution < 1.29 is 14.2 Å². The van der Waals surface area contributed by atoms with Gasteiger partial charge in [0.05, 0.1) is 12.0 Å². The van der Waals surface area contributed by atoms with Gasteiger partial charge in [-0.05, 0) is 44.2 Å². The second-order valence-corrected chi connectivity index (χ2v) is 7.96. The minimum atomic E-state index is -0.627. The van der Waals surface area contributed by atoms with Gasteiger partial charge in [0, 0.05) is 24.8 Å². The van der Waals surface area contributed by atoms with Crippen molar-refractivity contribution in [1.29, 1.82) is 0 Å². The molecular formula is C21H25N5O3. The Balaban J connectivity index is 1.40. The van der Waals surface area contributed by atoms with E-state index in [4.69, 9.17) is 0 Å². The number of aromatic nitrogens is 3. The van der Waals surface area contributed by atoms with E-state index in [9.17, 15) is 9.59 Å². The van der Waals surface area contributed by atoms with Gasteiger partial charge in [-0.1, -0.05) is 28.5 Å². The molecule has 2 aromatic heterocycles. The van der Waals surface area contributed by atoms with Crippen molar-refractivity contribution in [3.05, 3.63) is 47.9 Å². The van der Waals surface area contributed by atoms with E-state index < -0.39 is 5.41 Å². The smallest absolute Gasteiger partial charge is 0.242 e. The zero-order valence-corrected chi connectivity index (χ0v) is 16.7. The van der Waals surface area contributed by atoms with Gasteiger partial charge in [-0.2, -0.15) is 0 Å². The largest absolute Gasteiger partial charge is 0.350 e. The molecule has 1 aliphatic heterocycles. The van der Waals surface area contributed by atoms with E-state index in [2.05, 4.69) is 20.3 Å². The maximum atomic E-state index is 13.0. The van der Waals surface area contributed by atoms with Crippen LogP contribution in [0.4, 0.5) is 0 Å². The molecule has 0 bridgehead atoms. The van der Waals surface area contributed by atoms with Crippen LogP contribution in [0.5, 0.6) is 0 Å². The predicted octanol–water partition coefficient (Wildman–Crippen LogP) is 2.28. The van der Waals surface area contributed by atoms with Gasteiger partial charge < -0.3 is 14.8 Å². The third-order valence-electron chi connectivity index (χ3n) is 5.75. The van der Waals surface area contributed by atoms with Crippen LogP contribution < -0.4 is 5.32 Å². The first-order chi connectivity index (χ1) is 14.0. The van der Waals surface area contributed by atoms with Crippen molar-refractivity contribution in [1.82, 2.24) is 25.1 Å². The second kappa shape index (κ2) is 7.69. The number of hydrogen-bond acceptors (Lipinski definition) is 5. The highest BCUT2D eigenvalue weighted by Crippen LogP contribution is 2.30. The van der Waals surface area contributed by atoms with E-state index in [1.54, 1.807) is 11.8 Å². The molecule has 1 saturated heterocycles. The molecule has 1 aromatic carbocycles. The van der Waals surface area contributed by atoms with Crippen LogP contribution in [0.15, 0.2) is 41.2 Å². The molecule has 29 heavy (non-hydrogen) atoms. The lowest BCUT2D eigenvalue weighted by Crippen LogP contribution is -2.52. The Hall–Kier alpha value is -3.16. The van der Waals surface area contributed by atoms with Gasteiger partial charge in [-0.25, -0.2) is 4.63 Å². The molecule has 8 nitrogen and oxygen atoms in total. The van der Waals surface area contributed by atoms with E-state index in [1.165, 1.54) is 0 Å². The van der Waals surface area contributed by atoms with Crippen LogP contribution in [-0.2, 0) is 22.7 Å². The number of nitrogens with zero attached hydrogens (tertiary/aromatic N) is 4. The molecule has 152 valence electrons. The maximum absolute atomic E-state index is 13.0. The first-order valence-electron chi connectivity index (χ1n) is 9.84. The number of nitrogens with one attached hydrogen (secondary N) is 1. The predicted molar refractivity (Wildman–Crippen MR) is 107 cm³/mol. The fourth-order valence-corrected chi connectivity index (χ4v) is 3.95. The first kappa shape index (κ1) is 19.2. The number of likely N-dealkylation sites (tertiary alicyclic amines) is 1. The molecule has 0 aliphatic carbocycles. The average Bonchev–Trinajstić information content (AvgIpc) is 3.32. The van der Waals surface area contributed by atoms with E-state index in [1.807, 2.05) is 48.0 Å². The van der Waals surface area contributed by atoms with Crippen molar-refractivity contribution in [2.75, 3.05) is 13.1 Å². The molecular weight excluding hydrogens is 370 g/mol. The topological polar surface area (TPSA) is 93.3 Å². The fraction of sp³-hybridized carbons (Fsp3) is 0.429. The Morgan fingerprint density at radius 2 is 2.07 bits per heavy atom. The molecule has 3 aromatic rings. The molecule has 1 N–H and O–H groups in total. The van der Waals surface area contributed by atoms with Crippen molar-refractivity contribution in [2.45, 2.75) is 39.8 Å². The number of hydrogen-bond donors (Lipinski definition) is 1. The zero-order valence-electron chi connectivity index (χ0n) is 16.7. The highest BCUT2D eigenvalue weighted by molar-refractivity contribution is 5.85. The minimum absolute atomic E-state index is 0.0293. The molecule has 0 radical (unpaired) electrons. The van der Waals surface area contributed by atoms with Gasteiger partial charge in [0.15, 0.2) is 0 Å². The Morgan fingerprint density at radius 3 is 2.86 bits per heavy atom. The monoisotopic (exact) mass is 395 g/mol. The molecule has 1 unspecified atom stereocenters. The van der Waals surface area contributed by atoms with Crippen LogP contribution in [0.1, 0.15) is 31.2 Å². The summed E-state index contributed by atoms with van der Waals surface area (Å²) in [6.07, 6.45) is 3.48.